The Morgan fingerprint density at radius 3 is 2.28 bits per heavy atom. The molecule has 4 aromatic rings. The number of nitrogens with zero attached hydrogens (tertiary/aromatic N) is 5. The van der Waals surface area contributed by atoms with E-state index in [2.05, 4.69) is 25.5 Å². The van der Waals surface area contributed by atoms with E-state index in [9.17, 15) is 4.79 Å². The Morgan fingerprint density at radius 2 is 1.69 bits per heavy atom. The van der Waals surface area contributed by atoms with Crippen molar-refractivity contribution in [2.45, 2.75) is 13.5 Å². The van der Waals surface area contributed by atoms with Crippen molar-refractivity contribution in [1.29, 1.82) is 0 Å². The van der Waals surface area contributed by atoms with Crippen molar-refractivity contribution in [3.8, 4) is 22.6 Å². The zero-order valence-corrected chi connectivity index (χ0v) is 18.9. The highest BCUT2D eigenvalue weighted by Gasteiger charge is 2.23. The smallest absolute Gasteiger partial charge is 0.260 e. The van der Waals surface area contributed by atoms with Crippen molar-refractivity contribution in [3.63, 3.8) is 0 Å². The minimum absolute atomic E-state index is 0.189. The molecule has 3 aromatic heterocycles. The zero-order valence-electron chi connectivity index (χ0n) is 17.4. The summed E-state index contributed by atoms with van der Waals surface area (Å²) in [5.41, 5.74) is 1.70. The van der Waals surface area contributed by atoms with E-state index in [-0.39, 0.29) is 27.1 Å². The van der Waals surface area contributed by atoms with Gasteiger partial charge in [0.25, 0.3) is 5.56 Å². The third-order valence-electron chi connectivity index (χ3n) is 4.80. The second kappa shape index (κ2) is 8.97. The van der Waals surface area contributed by atoms with Gasteiger partial charge in [0.05, 0.1) is 29.8 Å². The van der Waals surface area contributed by atoms with Gasteiger partial charge in [0, 0.05) is 36.3 Å². The number of rotatable bonds is 6. The van der Waals surface area contributed by atoms with Gasteiger partial charge in [0.2, 0.25) is 5.95 Å². The van der Waals surface area contributed by atoms with Gasteiger partial charge in [-0.3, -0.25) is 14.3 Å². The van der Waals surface area contributed by atoms with Crippen LogP contribution in [0, 0.1) is 0 Å². The molecule has 0 saturated heterocycles. The Balaban J connectivity index is 1.93. The number of hydrogen-bond donors (Lipinski definition) is 1. The third-order valence-corrected chi connectivity index (χ3v) is 5.55. The van der Waals surface area contributed by atoms with Crippen LogP contribution >= 0.6 is 23.2 Å². The summed E-state index contributed by atoms with van der Waals surface area (Å²) in [7, 11) is 2.94. The summed E-state index contributed by atoms with van der Waals surface area (Å²) in [4.78, 5) is 21.9. The molecule has 4 rings (SSSR count). The first-order chi connectivity index (χ1) is 15.5. The number of ether oxygens (including phenoxy) is 2. The number of hydrogen-bond acceptors (Lipinski definition) is 8. The molecule has 0 atom stereocenters. The van der Waals surface area contributed by atoms with Gasteiger partial charge in [-0.25, -0.2) is 0 Å². The van der Waals surface area contributed by atoms with Gasteiger partial charge in [0.15, 0.2) is 5.65 Å². The molecule has 164 valence electrons. The van der Waals surface area contributed by atoms with Gasteiger partial charge in [-0.15, -0.1) is 10.2 Å². The highest BCUT2D eigenvalue weighted by molar-refractivity contribution is 6.41. The molecule has 1 aromatic carbocycles. The maximum atomic E-state index is 13.4. The first kappa shape index (κ1) is 21.8. The van der Waals surface area contributed by atoms with Gasteiger partial charge >= 0.3 is 0 Å². The summed E-state index contributed by atoms with van der Waals surface area (Å²) in [6.07, 6.45) is 3.28. The van der Waals surface area contributed by atoms with E-state index < -0.39 is 0 Å². The monoisotopic (exact) mass is 472 g/mol. The molecule has 0 radical (unpaired) electrons. The Kier molecular flexibility index (Phi) is 6.11. The largest absolute Gasteiger partial charge is 0.495 e. The van der Waals surface area contributed by atoms with Crippen LogP contribution in [0.15, 0.2) is 41.5 Å². The molecule has 0 unspecified atom stereocenters. The van der Waals surface area contributed by atoms with Crippen LogP contribution < -0.4 is 20.3 Å². The van der Waals surface area contributed by atoms with Crippen molar-refractivity contribution in [3.05, 3.63) is 57.1 Å². The van der Waals surface area contributed by atoms with E-state index in [1.54, 1.807) is 36.7 Å². The Hall–Kier alpha value is -3.43. The Morgan fingerprint density at radius 1 is 1.03 bits per heavy atom. The van der Waals surface area contributed by atoms with E-state index in [0.29, 0.717) is 34.8 Å². The molecular weight excluding hydrogens is 455 g/mol. The van der Waals surface area contributed by atoms with E-state index in [4.69, 9.17) is 32.7 Å². The summed E-state index contributed by atoms with van der Waals surface area (Å²) in [5, 5.41) is 11.8. The third kappa shape index (κ3) is 3.80. The fourth-order valence-electron chi connectivity index (χ4n) is 3.27. The van der Waals surface area contributed by atoms with Crippen molar-refractivity contribution in [2.75, 3.05) is 19.5 Å². The van der Waals surface area contributed by atoms with E-state index in [1.165, 1.54) is 18.8 Å². The first-order valence-electron chi connectivity index (χ1n) is 9.54. The molecule has 0 bridgehead atoms. The van der Waals surface area contributed by atoms with Crippen LogP contribution in [0.1, 0.15) is 6.92 Å². The number of fused-ring (bicyclic) bond motifs is 1. The number of benzene rings is 1. The molecule has 1 N–H and O–H groups in total. The van der Waals surface area contributed by atoms with Gasteiger partial charge in [0.1, 0.15) is 17.0 Å². The molecule has 0 spiro atoms. The minimum atomic E-state index is -0.338. The summed E-state index contributed by atoms with van der Waals surface area (Å²) in [6.45, 7) is 2.17. The summed E-state index contributed by atoms with van der Waals surface area (Å²) >= 11 is 13.1. The van der Waals surface area contributed by atoms with Gasteiger partial charge < -0.3 is 14.8 Å². The lowest BCUT2D eigenvalue weighted by Gasteiger charge is -2.16. The van der Waals surface area contributed by atoms with Crippen LogP contribution in [0.5, 0.6) is 11.5 Å². The number of halogens is 2. The number of pyridine rings is 2. The van der Waals surface area contributed by atoms with Gasteiger partial charge in [-0.1, -0.05) is 23.2 Å². The van der Waals surface area contributed by atoms with Crippen LogP contribution in [-0.4, -0.2) is 39.0 Å². The average Bonchev–Trinajstić information content (AvgIpc) is 2.80. The summed E-state index contributed by atoms with van der Waals surface area (Å²) < 4.78 is 12.1. The maximum Gasteiger partial charge on any atom is 0.260 e. The van der Waals surface area contributed by atoms with Crippen LogP contribution in [-0.2, 0) is 6.54 Å². The SMILES string of the molecule is CCn1c(=O)c(-c2c(Cl)c(OC)cc(OC)c2Cl)cc2nnc(Nc3ccncc3)nc21. The summed E-state index contributed by atoms with van der Waals surface area (Å²) in [5.74, 6) is 0.898. The second-order valence-electron chi connectivity index (χ2n) is 6.60. The standard InChI is InChI=1S/C21H18Cl2N6O3/c1-4-29-19-13(27-28-21(26-19)25-11-5-7-24-8-6-11)9-12(20(29)30)16-17(22)14(31-2)10-15(32-3)18(16)23/h5-10H,4H2,1-3H3,(H,24,25,26,28). The molecular formula is C21H18Cl2N6O3. The molecule has 9 nitrogen and oxygen atoms in total. The second-order valence-corrected chi connectivity index (χ2v) is 7.35. The molecule has 3 heterocycles. The zero-order chi connectivity index (χ0) is 22.8. The average molecular weight is 473 g/mol. The lowest BCUT2D eigenvalue weighted by molar-refractivity contribution is 0.395. The van der Waals surface area contributed by atoms with Gasteiger partial charge in [-0.05, 0) is 25.1 Å². The molecule has 32 heavy (non-hydrogen) atoms. The highest BCUT2D eigenvalue weighted by atomic mass is 35.5. The van der Waals surface area contributed by atoms with Crippen LogP contribution in [0.4, 0.5) is 11.6 Å². The van der Waals surface area contributed by atoms with Crippen LogP contribution in [0.2, 0.25) is 10.0 Å². The first-order valence-corrected chi connectivity index (χ1v) is 10.3. The number of anilines is 2. The molecule has 0 aliphatic heterocycles. The predicted molar refractivity (Wildman–Crippen MR) is 123 cm³/mol. The fraction of sp³-hybridized carbons (Fsp3) is 0.190. The number of aromatic nitrogens is 5. The van der Waals surface area contributed by atoms with E-state index in [1.807, 2.05) is 6.92 Å². The lowest BCUT2D eigenvalue weighted by Crippen LogP contribution is -2.23. The minimum Gasteiger partial charge on any atom is -0.495 e. The van der Waals surface area contributed by atoms with Crippen LogP contribution in [0.3, 0.4) is 0 Å². The van der Waals surface area contributed by atoms with Crippen molar-refractivity contribution >= 4 is 46.0 Å². The molecule has 0 aliphatic carbocycles. The number of nitrogens with one attached hydrogen (secondary N) is 1. The van der Waals surface area contributed by atoms with E-state index >= 15 is 0 Å². The topological polar surface area (TPSA) is 104 Å². The quantitative estimate of drug-likeness (QED) is 0.441. The van der Waals surface area contributed by atoms with E-state index in [0.717, 1.165) is 5.69 Å². The normalized spacial score (nSPS) is 10.9. The number of aryl methyl sites for hydroxylation is 1. The Labute approximate surface area is 193 Å². The molecule has 0 amide bonds. The van der Waals surface area contributed by atoms with Crippen molar-refractivity contribution in [1.82, 2.24) is 24.7 Å². The molecule has 11 heteroatoms. The lowest BCUT2D eigenvalue weighted by atomic mass is 10.1. The van der Waals surface area contributed by atoms with Crippen molar-refractivity contribution in [2.24, 2.45) is 0 Å². The summed E-state index contributed by atoms with van der Waals surface area (Å²) in [6, 6.07) is 6.66. The molecule has 0 saturated carbocycles. The molecule has 0 aliphatic rings. The number of methoxy groups -OCH3 is 2. The van der Waals surface area contributed by atoms with Gasteiger partial charge in [-0.2, -0.15) is 4.98 Å². The van der Waals surface area contributed by atoms with Crippen molar-refractivity contribution < 1.29 is 9.47 Å². The maximum absolute atomic E-state index is 13.4. The van der Waals surface area contributed by atoms with Crippen LogP contribution in [0.25, 0.3) is 22.3 Å². The fourth-order valence-corrected chi connectivity index (χ4v) is 3.97. The predicted octanol–water partition coefficient (Wildman–Crippen LogP) is 4.34. The molecule has 0 fully saturated rings. The highest BCUT2D eigenvalue weighted by Crippen LogP contribution is 2.45. The Bertz CT molecular complexity index is 1330.